The van der Waals surface area contributed by atoms with Crippen LogP contribution in [0.3, 0.4) is 0 Å². The Bertz CT molecular complexity index is 597. The van der Waals surface area contributed by atoms with Crippen molar-refractivity contribution in [2.75, 3.05) is 0 Å². The average molecular weight is 240 g/mol. The average Bonchev–Trinajstić information content (AvgIpc) is 2.72. The quantitative estimate of drug-likeness (QED) is 0.634. The summed E-state index contributed by atoms with van der Waals surface area (Å²) in [6.45, 7) is 7.94. The molecule has 0 amide bonds. The molecule has 0 aliphatic carbocycles. The summed E-state index contributed by atoms with van der Waals surface area (Å²) in [5.74, 6) is 0. The normalized spacial score (nSPS) is 12.5. The van der Waals surface area contributed by atoms with Crippen molar-refractivity contribution >= 4 is 27.0 Å². The summed E-state index contributed by atoms with van der Waals surface area (Å²) in [4.78, 5) is 1.33. The fraction of sp³-hybridized carbons (Fsp3) is 0.125. The van der Waals surface area contributed by atoms with Gasteiger partial charge in [-0.1, -0.05) is 43.0 Å². The van der Waals surface area contributed by atoms with E-state index in [-0.39, 0.29) is 0 Å². The molecule has 17 heavy (non-hydrogen) atoms. The molecule has 0 bridgehead atoms. The van der Waals surface area contributed by atoms with Crippen molar-refractivity contribution in [3.63, 3.8) is 0 Å². The van der Waals surface area contributed by atoms with Crippen molar-refractivity contribution in [3.8, 4) is 0 Å². The summed E-state index contributed by atoms with van der Waals surface area (Å²) in [6, 6.07) is 8.86. The Morgan fingerprint density at radius 2 is 2.06 bits per heavy atom. The van der Waals surface area contributed by atoms with Crippen molar-refractivity contribution in [3.05, 3.63) is 65.6 Å². The smallest absolute Gasteiger partial charge is 0.0351 e. The number of thiophene rings is 1. The van der Waals surface area contributed by atoms with Gasteiger partial charge in [-0.25, -0.2) is 0 Å². The molecule has 1 aromatic carbocycles. The van der Waals surface area contributed by atoms with Gasteiger partial charge in [-0.05, 0) is 42.5 Å². The Kier molecular flexibility index (Phi) is 3.60. The molecule has 0 aliphatic rings. The summed E-state index contributed by atoms with van der Waals surface area (Å²) in [5.41, 5.74) is 2.61. The van der Waals surface area contributed by atoms with Crippen molar-refractivity contribution in [2.24, 2.45) is 0 Å². The van der Waals surface area contributed by atoms with Gasteiger partial charge in [-0.2, -0.15) is 0 Å². The third-order valence-corrected chi connectivity index (χ3v) is 3.89. The first-order valence-corrected chi connectivity index (χ1v) is 6.49. The van der Waals surface area contributed by atoms with Gasteiger partial charge in [-0.3, -0.25) is 0 Å². The van der Waals surface area contributed by atoms with Crippen LogP contribution >= 0.6 is 11.3 Å². The van der Waals surface area contributed by atoms with Crippen LogP contribution in [-0.4, -0.2) is 0 Å². The zero-order chi connectivity index (χ0) is 12.3. The van der Waals surface area contributed by atoms with E-state index in [2.05, 4.69) is 50.8 Å². The SMILES string of the molecule is C=C/C=C\C=C(/C)c1cc2ccc(C)cc2s1. The third kappa shape index (κ3) is 2.75. The summed E-state index contributed by atoms with van der Waals surface area (Å²) in [6.07, 6.45) is 7.89. The zero-order valence-electron chi connectivity index (χ0n) is 10.2. The first-order valence-electron chi connectivity index (χ1n) is 5.67. The molecule has 1 aromatic heterocycles. The van der Waals surface area contributed by atoms with E-state index in [0.29, 0.717) is 0 Å². The lowest BCUT2D eigenvalue weighted by molar-refractivity contribution is 1.52. The van der Waals surface area contributed by atoms with Gasteiger partial charge in [-0.15, -0.1) is 11.3 Å². The van der Waals surface area contributed by atoms with E-state index in [9.17, 15) is 0 Å². The maximum atomic E-state index is 3.66. The van der Waals surface area contributed by atoms with E-state index < -0.39 is 0 Å². The van der Waals surface area contributed by atoms with Crippen LogP contribution in [0.2, 0.25) is 0 Å². The van der Waals surface area contributed by atoms with E-state index in [4.69, 9.17) is 0 Å². The highest BCUT2D eigenvalue weighted by Crippen LogP contribution is 2.30. The van der Waals surface area contributed by atoms with Gasteiger partial charge in [0.2, 0.25) is 0 Å². The standard InChI is InChI=1S/C16H16S/c1-4-5-6-7-13(3)15-11-14-9-8-12(2)10-16(14)17-15/h4-11H,1H2,2-3H3/b6-5-,13-7+. The minimum Gasteiger partial charge on any atom is -0.136 e. The highest BCUT2D eigenvalue weighted by Gasteiger charge is 2.02. The van der Waals surface area contributed by atoms with Gasteiger partial charge >= 0.3 is 0 Å². The van der Waals surface area contributed by atoms with Gasteiger partial charge in [0.25, 0.3) is 0 Å². The van der Waals surface area contributed by atoms with Crippen LogP contribution in [0, 0.1) is 6.92 Å². The maximum absolute atomic E-state index is 3.66. The topological polar surface area (TPSA) is 0 Å². The minimum atomic E-state index is 1.29. The molecule has 0 aliphatic heterocycles. The Labute approximate surface area is 107 Å². The summed E-state index contributed by atoms with van der Waals surface area (Å²) in [5, 5.41) is 1.33. The van der Waals surface area contributed by atoms with Crippen molar-refractivity contribution in [2.45, 2.75) is 13.8 Å². The second-order valence-corrected chi connectivity index (χ2v) is 5.21. The fourth-order valence-corrected chi connectivity index (χ4v) is 2.83. The molecule has 0 radical (unpaired) electrons. The van der Waals surface area contributed by atoms with Crippen LogP contribution in [0.15, 0.2) is 55.1 Å². The molecule has 2 aromatic rings. The highest BCUT2D eigenvalue weighted by molar-refractivity contribution is 7.20. The van der Waals surface area contributed by atoms with Gasteiger partial charge in [0.15, 0.2) is 0 Å². The first kappa shape index (κ1) is 11.9. The Balaban J connectivity index is 2.39. The molecule has 2 rings (SSSR count). The van der Waals surface area contributed by atoms with Crippen LogP contribution in [-0.2, 0) is 0 Å². The molecule has 0 atom stereocenters. The van der Waals surface area contributed by atoms with Gasteiger partial charge in [0.1, 0.15) is 0 Å². The lowest BCUT2D eigenvalue weighted by Gasteiger charge is -1.92. The molecule has 0 unspecified atom stereocenters. The molecule has 0 N–H and O–H groups in total. The second kappa shape index (κ2) is 5.15. The van der Waals surface area contributed by atoms with Crippen molar-refractivity contribution in [1.82, 2.24) is 0 Å². The summed E-state index contributed by atoms with van der Waals surface area (Å²) < 4.78 is 1.36. The van der Waals surface area contributed by atoms with Crippen LogP contribution < -0.4 is 0 Å². The molecule has 0 spiro atoms. The number of allylic oxidation sites excluding steroid dienone is 5. The predicted octanol–water partition coefficient (Wildman–Crippen LogP) is 5.36. The Morgan fingerprint density at radius 3 is 2.82 bits per heavy atom. The van der Waals surface area contributed by atoms with E-state index in [1.807, 2.05) is 23.5 Å². The lowest BCUT2D eigenvalue weighted by Crippen LogP contribution is -1.68. The molecule has 86 valence electrons. The molecule has 0 saturated heterocycles. The zero-order valence-corrected chi connectivity index (χ0v) is 11.1. The van der Waals surface area contributed by atoms with E-state index in [1.54, 1.807) is 6.08 Å². The maximum Gasteiger partial charge on any atom is 0.0351 e. The van der Waals surface area contributed by atoms with E-state index in [1.165, 1.54) is 26.1 Å². The van der Waals surface area contributed by atoms with Gasteiger partial charge in [0, 0.05) is 9.58 Å². The molecule has 0 fully saturated rings. The monoisotopic (exact) mass is 240 g/mol. The molecule has 0 saturated carbocycles. The minimum absolute atomic E-state index is 1.29. The number of hydrogen-bond donors (Lipinski definition) is 0. The number of hydrogen-bond acceptors (Lipinski definition) is 1. The molecule has 1 heteroatoms. The highest BCUT2D eigenvalue weighted by atomic mass is 32.1. The number of benzene rings is 1. The van der Waals surface area contributed by atoms with Gasteiger partial charge in [0.05, 0.1) is 0 Å². The number of rotatable bonds is 3. The first-order chi connectivity index (χ1) is 8.20. The third-order valence-electron chi connectivity index (χ3n) is 2.66. The molecular formula is C16H16S. The van der Waals surface area contributed by atoms with Crippen molar-refractivity contribution in [1.29, 1.82) is 0 Å². The molecule has 0 nitrogen and oxygen atoms in total. The molecular weight excluding hydrogens is 224 g/mol. The second-order valence-electron chi connectivity index (χ2n) is 4.12. The Hall–Kier alpha value is -1.60. The predicted molar refractivity (Wildman–Crippen MR) is 79.6 cm³/mol. The summed E-state index contributed by atoms with van der Waals surface area (Å²) >= 11 is 1.85. The number of aryl methyl sites for hydroxylation is 1. The fourth-order valence-electron chi connectivity index (χ4n) is 1.69. The van der Waals surface area contributed by atoms with Crippen molar-refractivity contribution < 1.29 is 0 Å². The van der Waals surface area contributed by atoms with Crippen LogP contribution in [0.4, 0.5) is 0 Å². The van der Waals surface area contributed by atoms with Crippen LogP contribution in [0.5, 0.6) is 0 Å². The van der Waals surface area contributed by atoms with E-state index in [0.717, 1.165) is 0 Å². The largest absolute Gasteiger partial charge is 0.136 e. The molecule has 1 heterocycles. The summed E-state index contributed by atoms with van der Waals surface area (Å²) in [7, 11) is 0. The van der Waals surface area contributed by atoms with E-state index >= 15 is 0 Å². The van der Waals surface area contributed by atoms with Gasteiger partial charge < -0.3 is 0 Å². The Morgan fingerprint density at radius 1 is 1.24 bits per heavy atom. The number of fused-ring (bicyclic) bond motifs is 1. The van der Waals surface area contributed by atoms with Crippen LogP contribution in [0.25, 0.3) is 15.7 Å². The lowest BCUT2D eigenvalue weighted by atomic mass is 10.1. The van der Waals surface area contributed by atoms with Crippen LogP contribution in [0.1, 0.15) is 17.4 Å².